The lowest BCUT2D eigenvalue weighted by Crippen LogP contribution is -2.53. The number of para-hydroxylation sites is 1. The SMILES string of the molecule is NC(=O)C(NC1CCC(c2c[nH]c3ccccc23)CC1)C1CCNCC1. The lowest BCUT2D eigenvalue weighted by molar-refractivity contribution is -0.121. The van der Waals surface area contributed by atoms with Crippen molar-refractivity contribution in [3.63, 3.8) is 0 Å². The van der Waals surface area contributed by atoms with Crippen LogP contribution in [0.3, 0.4) is 0 Å². The predicted octanol–water partition coefficient (Wildman–Crippen LogP) is 2.64. The molecule has 0 bridgehead atoms. The van der Waals surface area contributed by atoms with Gasteiger partial charge in [0.1, 0.15) is 0 Å². The summed E-state index contributed by atoms with van der Waals surface area (Å²) in [5.41, 5.74) is 8.40. The molecule has 1 atom stereocenters. The van der Waals surface area contributed by atoms with E-state index in [1.54, 1.807) is 0 Å². The average Bonchev–Trinajstić information content (AvgIpc) is 3.11. The number of carbonyl (C=O) groups is 1. The highest BCUT2D eigenvalue weighted by atomic mass is 16.1. The molecule has 26 heavy (non-hydrogen) atoms. The van der Waals surface area contributed by atoms with Gasteiger partial charge in [-0.2, -0.15) is 0 Å². The Labute approximate surface area is 155 Å². The standard InChI is InChI=1S/C21H30N4O/c22-21(26)20(15-9-11-23-12-10-15)25-16-7-5-14(6-8-16)18-13-24-19-4-2-1-3-17(18)19/h1-4,13-16,20,23-25H,5-12H2,(H2,22,26). The first-order valence-corrected chi connectivity index (χ1v) is 10.0. The van der Waals surface area contributed by atoms with Crippen molar-refractivity contribution in [1.82, 2.24) is 15.6 Å². The van der Waals surface area contributed by atoms with E-state index < -0.39 is 0 Å². The molecule has 0 spiro atoms. The molecule has 1 unspecified atom stereocenters. The second-order valence-corrected chi connectivity index (χ2v) is 7.97. The number of primary amides is 1. The summed E-state index contributed by atoms with van der Waals surface area (Å²) in [6, 6.07) is 8.78. The van der Waals surface area contributed by atoms with Gasteiger partial charge in [0.15, 0.2) is 0 Å². The van der Waals surface area contributed by atoms with Gasteiger partial charge in [0, 0.05) is 23.1 Å². The van der Waals surface area contributed by atoms with Gasteiger partial charge in [-0.25, -0.2) is 0 Å². The van der Waals surface area contributed by atoms with E-state index in [1.165, 1.54) is 16.5 Å². The van der Waals surface area contributed by atoms with E-state index in [-0.39, 0.29) is 11.9 Å². The molecule has 0 radical (unpaired) electrons. The summed E-state index contributed by atoms with van der Waals surface area (Å²) in [7, 11) is 0. The molecular weight excluding hydrogens is 324 g/mol. The number of nitrogens with one attached hydrogen (secondary N) is 3. The molecule has 2 fully saturated rings. The lowest BCUT2D eigenvalue weighted by Gasteiger charge is -2.35. The molecule has 5 N–H and O–H groups in total. The van der Waals surface area contributed by atoms with Gasteiger partial charge < -0.3 is 21.4 Å². The number of benzene rings is 1. The van der Waals surface area contributed by atoms with Gasteiger partial charge in [-0.3, -0.25) is 4.79 Å². The normalized spacial score (nSPS) is 26.0. The highest BCUT2D eigenvalue weighted by Crippen LogP contribution is 2.36. The van der Waals surface area contributed by atoms with Gasteiger partial charge in [-0.1, -0.05) is 18.2 Å². The van der Waals surface area contributed by atoms with Gasteiger partial charge in [-0.05, 0) is 75.1 Å². The van der Waals surface area contributed by atoms with Crippen molar-refractivity contribution < 1.29 is 4.79 Å². The molecule has 1 aliphatic heterocycles. The van der Waals surface area contributed by atoms with Gasteiger partial charge in [0.05, 0.1) is 6.04 Å². The number of nitrogens with two attached hydrogens (primary N) is 1. The number of hydrogen-bond donors (Lipinski definition) is 4. The van der Waals surface area contributed by atoms with Gasteiger partial charge in [0.25, 0.3) is 0 Å². The third-order valence-electron chi connectivity index (χ3n) is 6.37. The maximum atomic E-state index is 12.0. The van der Waals surface area contributed by atoms with E-state index in [0.717, 1.165) is 51.6 Å². The third kappa shape index (κ3) is 3.64. The average molecular weight is 354 g/mol. The Hall–Kier alpha value is -1.85. The fourth-order valence-corrected chi connectivity index (χ4v) is 4.88. The van der Waals surface area contributed by atoms with Crippen LogP contribution >= 0.6 is 0 Å². The second-order valence-electron chi connectivity index (χ2n) is 7.97. The molecule has 140 valence electrons. The van der Waals surface area contributed by atoms with Crippen molar-refractivity contribution in [2.24, 2.45) is 11.7 Å². The molecule has 5 heteroatoms. The van der Waals surface area contributed by atoms with Gasteiger partial charge >= 0.3 is 0 Å². The fourth-order valence-electron chi connectivity index (χ4n) is 4.88. The first kappa shape index (κ1) is 17.6. The van der Waals surface area contributed by atoms with E-state index in [0.29, 0.717) is 17.9 Å². The van der Waals surface area contributed by atoms with Gasteiger partial charge in [-0.15, -0.1) is 0 Å². The number of carbonyl (C=O) groups excluding carboxylic acids is 1. The molecular formula is C21H30N4O. The Morgan fingerprint density at radius 1 is 1.08 bits per heavy atom. The van der Waals surface area contributed by atoms with E-state index in [4.69, 9.17) is 5.73 Å². The quantitative estimate of drug-likeness (QED) is 0.666. The molecule has 1 aliphatic carbocycles. The second kappa shape index (κ2) is 7.80. The number of piperidine rings is 1. The minimum absolute atomic E-state index is 0.174. The smallest absolute Gasteiger partial charge is 0.234 e. The number of aromatic nitrogens is 1. The number of aromatic amines is 1. The summed E-state index contributed by atoms with van der Waals surface area (Å²) in [5, 5.41) is 8.34. The molecule has 1 saturated heterocycles. The van der Waals surface area contributed by atoms with E-state index >= 15 is 0 Å². The number of H-pyrrole nitrogens is 1. The molecule has 2 aromatic rings. The number of rotatable bonds is 5. The monoisotopic (exact) mass is 354 g/mol. The summed E-state index contributed by atoms with van der Waals surface area (Å²) in [6.45, 7) is 1.98. The summed E-state index contributed by atoms with van der Waals surface area (Å²) >= 11 is 0. The Morgan fingerprint density at radius 3 is 2.54 bits per heavy atom. The zero-order valence-corrected chi connectivity index (χ0v) is 15.3. The Morgan fingerprint density at radius 2 is 1.81 bits per heavy atom. The van der Waals surface area contributed by atoms with Gasteiger partial charge in [0.2, 0.25) is 5.91 Å². The van der Waals surface area contributed by atoms with E-state index in [2.05, 4.69) is 46.1 Å². The molecule has 2 heterocycles. The van der Waals surface area contributed by atoms with Crippen LogP contribution in [0.4, 0.5) is 0 Å². The zero-order valence-electron chi connectivity index (χ0n) is 15.3. The number of fused-ring (bicyclic) bond motifs is 1. The molecule has 5 nitrogen and oxygen atoms in total. The summed E-state index contributed by atoms with van der Waals surface area (Å²) < 4.78 is 0. The first-order valence-electron chi connectivity index (χ1n) is 10.0. The largest absolute Gasteiger partial charge is 0.368 e. The Balaban J connectivity index is 1.37. The summed E-state index contributed by atoms with van der Waals surface area (Å²) in [6.07, 6.45) is 8.80. The van der Waals surface area contributed by atoms with Crippen LogP contribution in [0.1, 0.15) is 50.0 Å². The van der Waals surface area contributed by atoms with E-state index in [9.17, 15) is 4.79 Å². The van der Waals surface area contributed by atoms with Crippen LogP contribution in [0.15, 0.2) is 30.5 Å². The predicted molar refractivity (Wildman–Crippen MR) is 105 cm³/mol. The van der Waals surface area contributed by atoms with Crippen LogP contribution in [0, 0.1) is 5.92 Å². The van der Waals surface area contributed by atoms with Crippen LogP contribution < -0.4 is 16.4 Å². The van der Waals surface area contributed by atoms with Crippen molar-refractivity contribution in [3.8, 4) is 0 Å². The maximum absolute atomic E-state index is 12.0. The first-order chi connectivity index (χ1) is 12.7. The topological polar surface area (TPSA) is 82.9 Å². The third-order valence-corrected chi connectivity index (χ3v) is 6.37. The minimum atomic E-state index is -0.185. The zero-order chi connectivity index (χ0) is 17.9. The molecule has 4 rings (SSSR count). The van der Waals surface area contributed by atoms with Crippen LogP contribution in [0.25, 0.3) is 10.9 Å². The molecule has 1 amide bonds. The molecule has 1 aromatic heterocycles. The van der Waals surface area contributed by atoms with Crippen LogP contribution in [-0.4, -0.2) is 36.1 Å². The fraction of sp³-hybridized carbons (Fsp3) is 0.571. The maximum Gasteiger partial charge on any atom is 0.234 e. The minimum Gasteiger partial charge on any atom is -0.368 e. The van der Waals surface area contributed by atoms with Crippen molar-refractivity contribution in [1.29, 1.82) is 0 Å². The highest BCUT2D eigenvalue weighted by Gasteiger charge is 2.32. The Kier molecular flexibility index (Phi) is 5.27. The molecule has 2 aliphatic rings. The molecule has 1 aromatic carbocycles. The van der Waals surface area contributed by atoms with E-state index in [1.807, 2.05) is 0 Å². The number of hydrogen-bond acceptors (Lipinski definition) is 3. The summed E-state index contributed by atoms with van der Waals surface area (Å²) in [5.74, 6) is 0.797. The van der Waals surface area contributed by atoms with Crippen LogP contribution in [0.2, 0.25) is 0 Å². The van der Waals surface area contributed by atoms with Crippen molar-refractivity contribution in [2.75, 3.05) is 13.1 Å². The van der Waals surface area contributed by atoms with Crippen LogP contribution in [0.5, 0.6) is 0 Å². The lowest BCUT2D eigenvalue weighted by atomic mass is 9.80. The summed E-state index contributed by atoms with van der Waals surface area (Å²) in [4.78, 5) is 15.4. The van der Waals surface area contributed by atoms with Crippen molar-refractivity contribution in [2.45, 2.75) is 56.5 Å². The highest BCUT2D eigenvalue weighted by molar-refractivity contribution is 5.83. The van der Waals surface area contributed by atoms with Crippen LogP contribution in [-0.2, 0) is 4.79 Å². The van der Waals surface area contributed by atoms with Crippen molar-refractivity contribution >= 4 is 16.8 Å². The van der Waals surface area contributed by atoms with Crippen molar-refractivity contribution in [3.05, 3.63) is 36.0 Å². The molecule has 1 saturated carbocycles. The number of amides is 1. The Bertz CT molecular complexity index is 741.